The van der Waals surface area contributed by atoms with Gasteiger partial charge in [0.1, 0.15) is 0 Å². The van der Waals surface area contributed by atoms with Crippen molar-refractivity contribution in [2.45, 2.75) is 11.2 Å². The van der Waals surface area contributed by atoms with Gasteiger partial charge in [-0.3, -0.25) is 4.79 Å². The summed E-state index contributed by atoms with van der Waals surface area (Å²) in [5.41, 5.74) is 0. The zero-order valence-electron chi connectivity index (χ0n) is 6.02. The predicted molar refractivity (Wildman–Crippen MR) is 52.0 cm³/mol. The van der Waals surface area contributed by atoms with Crippen LogP contribution in [0.3, 0.4) is 0 Å². The van der Waals surface area contributed by atoms with Crippen LogP contribution in [-0.2, 0) is 4.79 Å². The van der Waals surface area contributed by atoms with E-state index in [4.69, 9.17) is 0 Å². The molecule has 62 valence electrons. The van der Waals surface area contributed by atoms with Gasteiger partial charge in [-0.2, -0.15) is 0 Å². The lowest BCUT2D eigenvalue weighted by Gasteiger charge is -2.14. The van der Waals surface area contributed by atoms with Crippen LogP contribution in [0.2, 0.25) is 0 Å². The van der Waals surface area contributed by atoms with E-state index in [1.54, 1.807) is 4.90 Å². The number of amides is 1. The molecule has 0 spiro atoms. The molecule has 1 atom stereocenters. The average molecular weight is 283 g/mol. The predicted octanol–water partition coefficient (Wildman–Crippen LogP) is 1.89. The Hall–Kier alpha value is 0.170. The zero-order valence-corrected chi connectivity index (χ0v) is 9.19. The molecule has 0 aromatic rings. The minimum absolute atomic E-state index is 0.0225. The topological polar surface area (TPSA) is 20.3 Å². The van der Waals surface area contributed by atoms with Crippen LogP contribution in [0, 0.1) is 0 Å². The van der Waals surface area contributed by atoms with Crippen molar-refractivity contribution >= 4 is 37.8 Å². The van der Waals surface area contributed by atoms with Gasteiger partial charge in [0.15, 0.2) is 0 Å². The molecule has 0 aromatic heterocycles. The van der Waals surface area contributed by atoms with Crippen LogP contribution in [-0.4, -0.2) is 28.7 Å². The number of hydrogen-bond acceptors (Lipinski definition) is 1. The van der Waals surface area contributed by atoms with Crippen LogP contribution >= 0.6 is 31.9 Å². The summed E-state index contributed by atoms with van der Waals surface area (Å²) in [6.45, 7) is 5.14. The number of carbonyl (C=O) groups excluding carboxylic acids is 1. The third-order valence-electron chi connectivity index (χ3n) is 1.59. The largest absolute Gasteiger partial charge is 0.337 e. The molecule has 4 heteroatoms. The highest BCUT2D eigenvalue weighted by Crippen LogP contribution is 2.19. The second-order valence-corrected chi connectivity index (χ2v) is 4.76. The molecule has 1 aliphatic rings. The summed E-state index contributed by atoms with van der Waals surface area (Å²) in [7, 11) is 0. The summed E-state index contributed by atoms with van der Waals surface area (Å²) >= 11 is 6.53. The Balaban J connectivity index is 2.49. The smallest absolute Gasteiger partial charge is 0.236 e. The van der Waals surface area contributed by atoms with Gasteiger partial charge in [-0.15, -0.1) is 0 Å². The van der Waals surface area contributed by atoms with Crippen molar-refractivity contribution < 1.29 is 4.79 Å². The molecule has 1 rings (SSSR count). The van der Waals surface area contributed by atoms with E-state index >= 15 is 0 Å². The van der Waals surface area contributed by atoms with Gasteiger partial charge in [-0.1, -0.05) is 38.4 Å². The average Bonchev–Trinajstić information content (AvgIpc) is 2.18. The van der Waals surface area contributed by atoms with Gasteiger partial charge in [0.2, 0.25) is 5.91 Å². The highest BCUT2D eigenvalue weighted by Gasteiger charge is 2.28. The monoisotopic (exact) mass is 281 g/mol. The van der Waals surface area contributed by atoms with Crippen molar-refractivity contribution in [3.05, 3.63) is 11.1 Å². The highest BCUT2D eigenvalue weighted by molar-refractivity contribution is 9.11. The molecule has 0 bridgehead atoms. The molecule has 0 saturated carbocycles. The third-order valence-corrected chi connectivity index (χ3v) is 2.69. The molecule has 0 aliphatic carbocycles. The van der Waals surface area contributed by atoms with Crippen LogP contribution in [0.4, 0.5) is 0 Å². The summed E-state index contributed by atoms with van der Waals surface area (Å²) in [6.07, 6.45) is 0.902. The van der Waals surface area contributed by atoms with Crippen LogP contribution in [0.5, 0.6) is 0 Å². The minimum Gasteiger partial charge on any atom is -0.337 e. The van der Waals surface area contributed by atoms with Gasteiger partial charge in [0.05, 0.1) is 11.4 Å². The molecule has 0 aromatic carbocycles. The molecule has 1 heterocycles. The SMILES string of the molecule is C=C(Br)CN1CCC(Br)C1=O. The highest BCUT2D eigenvalue weighted by atomic mass is 79.9. The van der Waals surface area contributed by atoms with Crippen molar-refractivity contribution in [3.8, 4) is 0 Å². The molecule has 0 radical (unpaired) electrons. The Labute approximate surface area is 82.9 Å². The van der Waals surface area contributed by atoms with Crippen molar-refractivity contribution in [2.75, 3.05) is 13.1 Å². The molecule has 2 nitrogen and oxygen atoms in total. The Morgan fingerprint density at radius 2 is 2.45 bits per heavy atom. The molecule has 1 amide bonds. The summed E-state index contributed by atoms with van der Waals surface area (Å²) in [5.74, 6) is 0.172. The summed E-state index contributed by atoms with van der Waals surface area (Å²) in [5, 5.41) is 0. The van der Waals surface area contributed by atoms with E-state index in [1.165, 1.54) is 0 Å². The normalized spacial score (nSPS) is 24.4. The first-order chi connectivity index (χ1) is 5.11. The first-order valence-corrected chi connectivity index (χ1v) is 5.08. The second kappa shape index (κ2) is 3.72. The Bertz CT molecular complexity index is 193. The number of likely N-dealkylation sites (tertiary alicyclic amines) is 1. The number of rotatable bonds is 2. The van der Waals surface area contributed by atoms with Gasteiger partial charge in [-0.25, -0.2) is 0 Å². The van der Waals surface area contributed by atoms with E-state index in [1.807, 2.05) is 0 Å². The quantitative estimate of drug-likeness (QED) is 0.709. The fourth-order valence-electron chi connectivity index (χ4n) is 1.07. The zero-order chi connectivity index (χ0) is 8.43. The summed E-state index contributed by atoms with van der Waals surface area (Å²) < 4.78 is 0.854. The van der Waals surface area contributed by atoms with E-state index in [0.717, 1.165) is 17.4 Å². The number of alkyl halides is 1. The molecule has 11 heavy (non-hydrogen) atoms. The van der Waals surface area contributed by atoms with Gasteiger partial charge in [-0.05, 0) is 6.42 Å². The third kappa shape index (κ3) is 2.30. The molecule has 0 N–H and O–H groups in total. The number of hydrogen-bond donors (Lipinski definition) is 0. The van der Waals surface area contributed by atoms with E-state index in [0.29, 0.717) is 6.54 Å². The molecular weight excluding hydrogens is 274 g/mol. The van der Waals surface area contributed by atoms with Crippen LogP contribution in [0.25, 0.3) is 0 Å². The second-order valence-electron chi connectivity index (χ2n) is 2.53. The van der Waals surface area contributed by atoms with Crippen molar-refractivity contribution in [1.82, 2.24) is 4.90 Å². The molecule has 1 aliphatic heterocycles. The van der Waals surface area contributed by atoms with Crippen molar-refractivity contribution in [3.63, 3.8) is 0 Å². The first kappa shape index (κ1) is 9.26. The fourth-order valence-corrected chi connectivity index (χ4v) is 1.86. The maximum Gasteiger partial charge on any atom is 0.236 e. The Morgan fingerprint density at radius 1 is 1.82 bits per heavy atom. The minimum atomic E-state index is 0.0225. The Morgan fingerprint density at radius 3 is 2.82 bits per heavy atom. The van der Waals surface area contributed by atoms with E-state index < -0.39 is 0 Å². The van der Waals surface area contributed by atoms with Gasteiger partial charge in [0, 0.05) is 11.0 Å². The van der Waals surface area contributed by atoms with Gasteiger partial charge in [0.25, 0.3) is 0 Å². The van der Waals surface area contributed by atoms with Crippen LogP contribution < -0.4 is 0 Å². The lowest BCUT2D eigenvalue weighted by molar-refractivity contribution is -0.126. The van der Waals surface area contributed by atoms with Crippen LogP contribution in [0.1, 0.15) is 6.42 Å². The summed E-state index contributed by atoms with van der Waals surface area (Å²) in [4.78, 5) is 13.1. The van der Waals surface area contributed by atoms with Crippen molar-refractivity contribution in [2.24, 2.45) is 0 Å². The molecule has 1 saturated heterocycles. The standard InChI is InChI=1S/C7H9Br2NO/c1-5(8)4-10-3-2-6(9)7(10)11/h6H,1-4H2. The molecule has 1 unspecified atom stereocenters. The Kier molecular flexibility index (Phi) is 3.13. The molecular formula is C7H9Br2NO. The lowest BCUT2D eigenvalue weighted by atomic mass is 10.4. The maximum absolute atomic E-state index is 11.3. The molecule has 1 fully saturated rings. The van der Waals surface area contributed by atoms with Gasteiger partial charge >= 0.3 is 0 Å². The maximum atomic E-state index is 11.3. The number of nitrogens with zero attached hydrogens (tertiary/aromatic N) is 1. The van der Waals surface area contributed by atoms with E-state index in [9.17, 15) is 4.79 Å². The fraction of sp³-hybridized carbons (Fsp3) is 0.571. The van der Waals surface area contributed by atoms with Gasteiger partial charge < -0.3 is 4.90 Å². The number of carbonyl (C=O) groups is 1. The van der Waals surface area contributed by atoms with E-state index in [-0.39, 0.29) is 10.7 Å². The first-order valence-electron chi connectivity index (χ1n) is 3.37. The lowest BCUT2D eigenvalue weighted by Crippen LogP contribution is -2.28. The number of halogens is 2. The van der Waals surface area contributed by atoms with Crippen LogP contribution in [0.15, 0.2) is 11.1 Å². The van der Waals surface area contributed by atoms with E-state index in [2.05, 4.69) is 38.4 Å². The van der Waals surface area contributed by atoms with Crippen molar-refractivity contribution in [1.29, 1.82) is 0 Å². The summed E-state index contributed by atoms with van der Waals surface area (Å²) in [6, 6.07) is 0.